The van der Waals surface area contributed by atoms with E-state index in [9.17, 15) is 9.59 Å². The van der Waals surface area contributed by atoms with Gasteiger partial charge in [-0.1, -0.05) is 72.8 Å². The second-order valence-corrected chi connectivity index (χ2v) is 8.15. The topological polar surface area (TPSA) is 64.6 Å². The summed E-state index contributed by atoms with van der Waals surface area (Å²) >= 11 is 0. The predicted molar refractivity (Wildman–Crippen MR) is 118 cm³/mol. The molecule has 1 N–H and O–H groups in total. The summed E-state index contributed by atoms with van der Waals surface area (Å²) in [6.07, 6.45) is 4.26. The predicted octanol–water partition coefficient (Wildman–Crippen LogP) is 4.71. The van der Waals surface area contributed by atoms with Gasteiger partial charge in [0.25, 0.3) is 0 Å². The van der Waals surface area contributed by atoms with E-state index >= 15 is 0 Å². The lowest BCUT2D eigenvalue weighted by molar-refractivity contribution is -0.143. The molecule has 160 valence electrons. The average molecular weight is 410 g/mol. The van der Waals surface area contributed by atoms with Crippen molar-refractivity contribution in [3.8, 4) is 0 Å². The Balaban J connectivity index is 2.18. The summed E-state index contributed by atoms with van der Waals surface area (Å²) in [6, 6.07) is 19.3. The summed E-state index contributed by atoms with van der Waals surface area (Å²) in [5, 5.41) is 2.90. The van der Waals surface area contributed by atoms with E-state index < -0.39 is 17.6 Å². The summed E-state index contributed by atoms with van der Waals surface area (Å²) in [5.74, 6) is -0.762. The van der Waals surface area contributed by atoms with Gasteiger partial charge < -0.3 is 14.8 Å². The zero-order chi connectivity index (χ0) is 22.0. The molecule has 30 heavy (non-hydrogen) atoms. The van der Waals surface area contributed by atoms with Crippen molar-refractivity contribution < 1.29 is 19.1 Å². The standard InChI is InChI=1S/C25H31NO4/c1-25(2,3)30-24(28)26-22(18-20-13-9-6-10-14-20)16-15-21(23(27)29-4)17-19-11-7-5-8-12-19/h5-16,21-22H,17-18H2,1-4H3,(H,26,28)/t21-,22+/m0/s1. The molecular weight excluding hydrogens is 378 g/mol. The molecular formula is C25H31NO4. The van der Waals surface area contributed by atoms with Crippen LogP contribution in [0, 0.1) is 5.92 Å². The Morgan fingerprint density at radius 1 is 0.900 bits per heavy atom. The van der Waals surface area contributed by atoms with Gasteiger partial charge in [0, 0.05) is 0 Å². The van der Waals surface area contributed by atoms with Crippen LogP contribution < -0.4 is 5.32 Å². The van der Waals surface area contributed by atoms with Gasteiger partial charge in [0.15, 0.2) is 0 Å². The Morgan fingerprint density at radius 3 is 1.93 bits per heavy atom. The number of hydrogen-bond donors (Lipinski definition) is 1. The van der Waals surface area contributed by atoms with Crippen molar-refractivity contribution >= 4 is 12.1 Å². The Morgan fingerprint density at radius 2 is 1.43 bits per heavy atom. The van der Waals surface area contributed by atoms with E-state index in [0.717, 1.165) is 11.1 Å². The second-order valence-electron chi connectivity index (χ2n) is 8.15. The van der Waals surface area contributed by atoms with Crippen LogP contribution in [0.5, 0.6) is 0 Å². The average Bonchev–Trinajstić information content (AvgIpc) is 2.70. The molecule has 1 amide bonds. The maximum atomic E-state index is 12.3. The van der Waals surface area contributed by atoms with Crippen LogP contribution in [-0.4, -0.2) is 30.8 Å². The summed E-state index contributed by atoms with van der Waals surface area (Å²) in [4.78, 5) is 24.6. The molecule has 5 nitrogen and oxygen atoms in total. The van der Waals surface area contributed by atoms with Crippen molar-refractivity contribution in [3.63, 3.8) is 0 Å². The van der Waals surface area contributed by atoms with Gasteiger partial charge in [-0.15, -0.1) is 0 Å². The lowest BCUT2D eigenvalue weighted by Gasteiger charge is -2.22. The fourth-order valence-corrected chi connectivity index (χ4v) is 3.01. The molecule has 5 heteroatoms. The first kappa shape index (κ1) is 23.2. The number of rotatable bonds is 8. The quantitative estimate of drug-likeness (QED) is 0.507. The number of hydrogen-bond acceptors (Lipinski definition) is 4. The maximum Gasteiger partial charge on any atom is 0.408 e. The molecule has 2 aromatic rings. The van der Waals surface area contributed by atoms with Crippen LogP contribution in [0.3, 0.4) is 0 Å². The van der Waals surface area contributed by atoms with E-state index in [2.05, 4.69) is 5.32 Å². The lowest BCUT2D eigenvalue weighted by atomic mass is 9.97. The van der Waals surface area contributed by atoms with Crippen LogP contribution in [0.2, 0.25) is 0 Å². The third kappa shape index (κ3) is 8.52. The summed E-state index contributed by atoms with van der Waals surface area (Å²) in [5.41, 5.74) is 1.52. The second kappa shape index (κ2) is 11.2. The fraction of sp³-hybridized carbons (Fsp3) is 0.360. The Kier molecular flexibility index (Phi) is 8.66. The molecule has 2 aromatic carbocycles. The van der Waals surface area contributed by atoms with Gasteiger partial charge >= 0.3 is 12.1 Å². The summed E-state index contributed by atoms with van der Waals surface area (Å²) in [7, 11) is 1.38. The molecule has 0 spiro atoms. The molecule has 0 bridgehead atoms. The molecule has 0 radical (unpaired) electrons. The SMILES string of the molecule is COC(=O)[C@@H](C=C[C@H](Cc1ccccc1)NC(=O)OC(C)(C)C)Cc1ccccc1. The van der Waals surface area contributed by atoms with Crippen LogP contribution >= 0.6 is 0 Å². The Bertz CT molecular complexity index is 825. The molecule has 2 atom stereocenters. The minimum absolute atomic E-state index is 0.314. The summed E-state index contributed by atoms with van der Waals surface area (Å²) < 4.78 is 10.4. The van der Waals surface area contributed by atoms with E-state index in [0.29, 0.717) is 12.8 Å². The summed E-state index contributed by atoms with van der Waals surface area (Å²) in [6.45, 7) is 5.46. The third-order valence-corrected chi connectivity index (χ3v) is 4.38. The zero-order valence-electron chi connectivity index (χ0n) is 18.1. The zero-order valence-corrected chi connectivity index (χ0v) is 18.1. The normalized spacial score (nSPS) is 13.5. The number of ether oxygens (including phenoxy) is 2. The van der Waals surface area contributed by atoms with Crippen molar-refractivity contribution in [2.45, 2.75) is 45.3 Å². The van der Waals surface area contributed by atoms with Crippen LogP contribution in [0.15, 0.2) is 72.8 Å². The number of methoxy groups -OCH3 is 1. The lowest BCUT2D eigenvalue weighted by Crippen LogP contribution is -2.39. The minimum Gasteiger partial charge on any atom is -0.469 e. The highest BCUT2D eigenvalue weighted by molar-refractivity contribution is 5.75. The molecule has 0 fully saturated rings. The van der Waals surface area contributed by atoms with Gasteiger partial charge in [-0.2, -0.15) is 0 Å². The molecule has 0 heterocycles. The Labute approximate surface area is 179 Å². The highest BCUT2D eigenvalue weighted by Crippen LogP contribution is 2.14. The third-order valence-electron chi connectivity index (χ3n) is 4.38. The van der Waals surface area contributed by atoms with E-state index in [-0.39, 0.29) is 12.0 Å². The van der Waals surface area contributed by atoms with Crippen molar-refractivity contribution in [1.29, 1.82) is 0 Å². The highest BCUT2D eigenvalue weighted by atomic mass is 16.6. The Hall–Kier alpha value is -3.08. The van der Waals surface area contributed by atoms with Crippen molar-refractivity contribution in [2.75, 3.05) is 7.11 Å². The van der Waals surface area contributed by atoms with Crippen molar-refractivity contribution in [3.05, 3.63) is 83.9 Å². The molecule has 0 aromatic heterocycles. The number of amides is 1. The fourth-order valence-electron chi connectivity index (χ4n) is 3.01. The smallest absolute Gasteiger partial charge is 0.408 e. The van der Waals surface area contributed by atoms with Crippen LogP contribution in [-0.2, 0) is 27.1 Å². The largest absolute Gasteiger partial charge is 0.469 e. The van der Waals surface area contributed by atoms with Crippen LogP contribution in [0.4, 0.5) is 4.79 Å². The van der Waals surface area contributed by atoms with Crippen LogP contribution in [0.25, 0.3) is 0 Å². The molecule has 0 aliphatic heterocycles. The molecule has 0 aliphatic rings. The van der Waals surface area contributed by atoms with Gasteiger partial charge in [0.05, 0.1) is 19.1 Å². The molecule has 2 rings (SSSR count). The van der Waals surface area contributed by atoms with Gasteiger partial charge in [-0.25, -0.2) is 4.79 Å². The molecule has 0 unspecified atom stereocenters. The van der Waals surface area contributed by atoms with E-state index in [1.807, 2.05) is 93.6 Å². The van der Waals surface area contributed by atoms with Gasteiger partial charge in [-0.3, -0.25) is 4.79 Å². The molecule has 0 saturated carbocycles. The van der Waals surface area contributed by atoms with Gasteiger partial charge in [0.2, 0.25) is 0 Å². The monoisotopic (exact) mass is 409 g/mol. The van der Waals surface area contributed by atoms with E-state index in [4.69, 9.17) is 9.47 Å². The van der Waals surface area contributed by atoms with Gasteiger partial charge in [-0.05, 0) is 44.7 Å². The molecule has 0 aliphatic carbocycles. The number of carbonyl (C=O) groups is 2. The minimum atomic E-state index is -0.590. The van der Waals surface area contributed by atoms with Crippen molar-refractivity contribution in [2.24, 2.45) is 5.92 Å². The first-order chi connectivity index (χ1) is 14.3. The first-order valence-corrected chi connectivity index (χ1v) is 10.1. The van der Waals surface area contributed by atoms with Crippen molar-refractivity contribution in [1.82, 2.24) is 5.32 Å². The van der Waals surface area contributed by atoms with E-state index in [1.165, 1.54) is 7.11 Å². The maximum absolute atomic E-state index is 12.3. The van der Waals surface area contributed by atoms with E-state index in [1.54, 1.807) is 0 Å². The number of esters is 1. The number of carbonyl (C=O) groups excluding carboxylic acids is 2. The van der Waals surface area contributed by atoms with Crippen LogP contribution in [0.1, 0.15) is 31.9 Å². The molecule has 0 saturated heterocycles. The number of benzene rings is 2. The number of alkyl carbamates (subject to hydrolysis) is 1. The number of nitrogens with one attached hydrogen (secondary N) is 1. The first-order valence-electron chi connectivity index (χ1n) is 10.1. The highest BCUT2D eigenvalue weighted by Gasteiger charge is 2.21. The van der Waals surface area contributed by atoms with Gasteiger partial charge in [0.1, 0.15) is 5.60 Å².